The van der Waals surface area contributed by atoms with Gasteiger partial charge in [0, 0.05) is 5.56 Å². The quantitative estimate of drug-likeness (QED) is 0.364. The Hall–Kier alpha value is -3.43. The fraction of sp³-hybridized carbons (Fsp3) is 0.421. The summed E-state index contributed by atoms with van der Waals surface area (Å²) in [5.74, 6) is -5.13. The van der Waals surface area contributed by atoms with Gasteiger partial charge in [-0.2, -0.15) is 0 Å². The second-order valence-electron chi connectivity index (χ2n) is 6.79. The van der Waals surface area contributed by atoms with Crippen LogP contribution in [0.4, 0.5) is 0 Å². The third-order valence-corrected chi connectivity index (χ3v) is 4.02. The van der Waals surface area contributed by atoms with E-state index in [2.05, 4.69) is 16.0 Å². The molecule has 1 aromatic carbocycles. The van der Waals surface area contributed by atoms with E-state index in [9.17, 15) is 24.0 Å². The zero-order chi connectivity index (χ0) is 22.1. The van der Waals surface area contributed by atoms with Gasteiger partial charge >= 0.3 is 11.9 Å². The average Bonchev–Trinajstić information content (AvgIpc) is 2.64. The summed E-state index contributed by atoms with van der Waals surface area (Å²) in [5, 5.41) is 24.8. The Morgan fingerprint density at radius 2 is 1.45 bits per heavy atom. The number of carbonyl (C=O) groups excluding carboxylic acids is 3. The molecule has 0 aliphatic rings. The molecule has 0 aromatic heterocycles. The number of aliphatic carboxylic acids is 2. The van der Waals surface area contributed by atoms with E-state index in [-0.39, 0.29) is 5.92 Å². The Labute approximate surface area is 167 Å². The van der Waals surface area contributed by atoms with E-state index in [1.54, 1.807) is 44.2 Å². The van der Waals surface area contributed by atoms with E-state index in [0.717, 1.165) is 0 Å². The maximum atomic E-state index is 12.5. The second-order valence-corrected chi connectivity index (χ2v) is 6.79. The number of carboxylic acids is 2. The van der Waals surface area contributed by atoms with Gasteiger partial charge in [-0.1, -0.05) is 32.0 Å². The van der Waals surface area contributed by atoms with Gasteiger partial charge in [-0.15, -0.1) is 0 Å². The molecule has 10 nitrogen and oxygen atoms in total. The lowest BCUT2D eigenvalue weighted by Gasteiger charge is -2.24. The Morgan fingerprint density at radius 3 is 1.93 bits per heavy atom. The molecule has 0 radical (unpaired) electrons. The standard InChI is InChI=1S/C19H25N3O7/c1-10(2)15(22-17(26)12-7-5-4-6-8-12)18(27)20-11(3)16(25)21-13(19(28)29)9-14(23)24/h4-8,10-11,13,15H,9H2,1-3H3,(H,20,27)(H,21,25)(H,22,26)(H,23,24)(H,28,29)/t11-,13-,15-/m0/s1. The van der Waals surface area contributed by atoms with Crippen molar-refractivity contribution >= 4 is 29.7 Å². The summed E-state index contributed by atoms with van der Waals surface area (Å²) in [4.78, 5) is 58.8. The summed E-state index contributed by atoms with van der Waals surface area (Å²) in [6.45, 7) is 4.75. The Morgan fingerprint density at radius 1 is 0.862 bits per heavy atom. The molecule has 0 saturated heterocycles. The number of hydrogen-bond acceptors (Lipinski definition) is 5. The predicted octanol–water partition coefficient (Wildman–Crippen LogP) is -0.0102. The summed E-state index contributed by atoms with van der Waals surface area (Å²) < 4.78 is 0. The molecular weight excluding hydrogens is 382 g/mol. The number of rotatable bonds is 10. The molecular formula is C19H25N3O7. The summed E-state index contributed by atoms with van der Waals surface area (Å²) in [6.07, 6.45) is -0.802. The number of nitrogens with one attached hydrogen (secondary N) is 3. The van der Waals surface area contributed by atoms with Crippen LogP contribution in [0.1, 0.15) is 37.6 Å². The summed E-state index contributed by atoms with van der Waals surface area (Å²) >= 11 is 0. The monoisotopic (exact) mass is 407 g/mol. The van der Waals surface area contributed by atoms with Crippen molar-refractivity contribution in [1.82, 2.24) is 16.0 Å². The Kier molecular flexibility index (Phi) is 8.78. The molecule has 10 heteroatoms. The topological polar surface area (TPSA) is 162 Å². The molecule has 3 amide bonds. The average molecular weight is 407 g/mol. The first kappa shape index (κ1) is 23.6. The lowest BCUT2D eigenvalue weighted by Crippen LogP contribution is -2.56. The molecule has 5 N–H and O–H groups in total. The molecule has 158 valence electrons. The maximum absolute atomic E-state index is 12.5. The minimum Gasteiger partial charge on any atom is -0.481 e. The van der Waals surface area contributed by atoms with Crippen molar-refractivity contribution in [1.29, 1.82) is 0 Å². The van der Waals surface area contributed by atoms with E-state index in [0.29, 0.717) is 5.56 Å². The summed E-state index contributed by atoms with van der Waals surface area (Å²) in [6, 6.07) is 4.59. The molecule has 0 spiro atoms. The molecule has 0 aliphatic carbocycles. The van der Waals surface area contributed by atoms with E-state index >= 15 is 0 Å². The van der Waals surface area contributed by atoms with E-state index < -0.39 is 54.2 Å². The number of hydrogen-bond donors (Lipinski definition) is 5. The van der Waals surface area contributed by atoms with Crippen molar-refractivity contribution in [3.63, 3.8) is 0 Å². The van der Waals surface area contributed by atoms with Gasteiger partial charge in [0.05, 0.1) is 6.42 Å². The van der Waals surface area contributed by atoms with Crippen molar-refractivity contribution in [2.75, 3.05) is 0 Å². The molecule has 0 fully saturated rings. The highest BCUT2D eigenvalue weighted by Crippen LogP contribution is 2.06. The largest absolute Gasteiger partial charge is 0.481 e. The van der Waals surface area contributed by atoms with Crippen LogP contribution in [0.2, 0.25) is 0 Å². The zero-order valence-corrected chi connectivity index (χ0v) is 16.3. The first-order valence-electron chi connectivity index (χ1n) is 8.94. The lowest BCUT2D eigenvalue weighted by atomic mass is 10.0. The third-order valence-electron chi connectivity index (χ3n) is 4.02. The van der Waals surface area contributed by atoms with Gasteiger partial charge < -0.3 is 26.2 Å². The first-order valence-corrected chi connectivity index (χ1v) is 8.94. The molecule has 3 atom stereocenters. The fourth-order valence-electron chi connectivity index (χ4n) is 2.39. The molecule has 0 unspecified atom stereocenters. The van der Waals surface area contributed by atoms with E-state index in [1.807, 2.05) is 0 Å². The highest BCUT2D eigenvalue weighted by molar-refractivity contribution is 5.98. The molecule has 29 heavy (non-hydrogen) atoms. The van der Waals surface area contributed by atoms with Crippen LogP contribution in [0, 0.1) is 5.92 Å². The molecule has 0 bridgehead atoms. The smallest absolute Gasteiger partial charge is 0.326 e. The van der Waals surface area contributed by atoms with Crippen LogP contribution in [0.25, 0.3) is 0 Å². The van der Waals surface area contributed by atoms with Crippen molar-refractivity contribution in [3.8, 4) is 0 Å². The van der Waals surface area contributed by atoms with Crippen LogP contribution < -0.4 is 16.0 Å². The Bertz CT molecular complexity index is 764. The Balaban J connectivity index is 2.76. The van der Waals surface area contributed by atoms with Gasteiger partial charge in [0.1, 0.15) is 18.1 Å². The van der Waals surface area contributed by atoms with Gasteiger partial charge in [0.25, 0.3) is 5.91 Å². The van der Waals surface area contributed by atoms with Crippen molar-refractivity contribution in [2.24, 2.45) is 5.92 Å². The van der Waals surface area contributed by atoms with E-state index in [4.69, 9.17) is 10.2 Å². The van der Waals surface area contributed by atoms with Gasteiger partial charge in [0.15, 0.2) is 0 Å². The molecule has 1 aromatic rings. The number of benzene rings is 1. The molecule has 0 saturated carbocycles. The highest BCUT2D eigenvalue weighted by atomic mass is 16.4. The minimum absolute atomic E-state index is 0.295. The maximum Gasteiger partial charge on any atom is 0.326 e. The lowest BCUT2D eigenvalue weighted by molar-refractivity contribution is -0.147. The van der Waals surface area contributed by atoms with Crippen LogP contribution in [0.15, 0.2) is 30.3 Å². The van der Waals surface area contributed by atoms with Crippen LogP contribution in [-0.2, 0) is 19.2 Å². The van der Waals surface area contributed by atoms with Crippen LogP contribution >= 0.6 is 0 Å². The molecule has 0 aliphatic heterocycles. The van der Waals surface area contributed by atoms with Gasteiger partial charge in [-0.05, 0) is 25.0 Å². The second kappa shape index (κ2) is 10.8. The highest BCUT2D eigenvalue weighted by Gasteiger charge is 2.29. The van der Waals surface area contributed by atoms with Crippen LogP contribution in [-0.4, -0.2) is 58.0 Å². The zero-order valence-electron chi connectivity index (χ0n) is 16.3. The fourth-order valence-corrected chi connectivity index (χ4v) is 2.39. The van der Waals surface area contributed by atoms with Crippen LogP contribution in [0.3, 0.4) is 0 Å². The van der Waals surface area contributed by atoms with Crippen molar-refractivity contribution in [2.45, 2.75) is 45.3 Å². The SMILES string of the molecule is CC(C)[C@H](NC(=O)c1ccccc1)C(=O)N[C@@H](C)C(=O)N[C@@H](CC(=O)O)C(=O)O. The predicted molar refractivity (Wildman–Crippen MR) is 102 cm³/mol. The first-order chi connectivity index (χ1) is 13.5. The van der Waals surface area contributed by atoms with Gasteiger partial charge in [0.2, 0.25) is 11.8 Å². The molecule has 1 rings (SSSR count). The van der Waals surface area contributed by atoms with Gasteiger partial charge in [-0.3, -0.25) is 19.2 Å². The minimum atomic E-state index is -1.63. The number of carbonyl (C=O) groups is 5. The van der Waals surface area contributed by atoms with Crippen molar-refractivity contribution in [3.05, 3.63) is 35.9 Å². The number of carboxylic acid groups (broad SMARTS) is 2. The van der Waals surface area contributed by atoms with Crippen molar-refractivity contribution < 1.29 is 34.2 Å². The number of amides is 3. The van der Waals surface area contributed by atoms with Crippen LogP contribution in [0.5, 0.6) is 0 Å². The molecule has 0 heterocycles. The summed E-state index contributed by atoms with van der Waals surface area (Å²) in [7, 11) is 0. The van der Waals surface area contributed by atoms with Gasteiger partial charge in [-0.25, -0.2) is 4.79 Å². The van der Waals surface area contributed by atoms with E-state index in [1.165, 1.54) is 6.92 Å². The summed E-state index contributed by atoms with van der Waals surface area (Å²) in [5.41, 5.74) is 0.370. The third kappa shape index (κ3) is 7.60. The normalized spacial score (nSPS) is 13.7.